The smallest absolute Gasteiger partial charge is 0.279 e. The average Bonchev–Trinajstić information content (AvgIpc) is 2.15. The molecule has 0 heterocycles. The Kier molecular flexibility index (Phi) is 5.43. The Hall–Kier alpha value is -0.860. The van der Waals surface area contributed by atoms with Gasteiger partial charge in [-0.15, -0.1) is 0 Å². The quantitative estimate of drug-likeness (QED) is 0.230. The van der Waals surface area contributed by atoms with Crippen molar-refractivity contribution in [3.8, 4) is 0 Å². The first-order chi connectivity index (χ1) is 6.47. The van der Waals surface area contributed by atoms with Crippen LogP contribution < -0.4 is 10.5 Å². The maximum absolute atomic E-state index is 11.4. The number of nitrogens with two attached hydrogens (primary N) is 1. The number of rotatable bonds is 6. The van der Waals surface area contributed by atoms with Crippen LogP contribution in [0.4, 0.5) is 0 Å². The lowest BCUT2D eigenvalue weighted by Gasteiger charge is -2.18. The normalized spacial score (nSPS) is 13.5. The molecular weight excluding hydrogens is 208 g/mol. The van der Waals surface area contributed by atoms with E-state index in [-0.39, 0.29) is 12.4 Å². The molecule has 84 valence electrons. The lowest BCUT2D eigenvalue weighted by atomic mass is 10.6. The summed E-state index contributed by atoms with van der Waals surface area (Å²) in [6.07, 6.45) is 0. The van der Waals surface area contributed by atoms with Gasteiger partial charge in [0.15, 0.2) is 5.84 Å². The molecule has 0 aromatic rings. The van der Waals surface area contributed by atoms with Gasteiger partial charge in [-0.1, -0.05) is 19.0 Å². The van der Waals surface area contributed by atoms with Crippen molar-refractivity contribution in [3.63, 3.8) is 0 Å². The molecule has 0 atom stereocenters. The van der Waals surface area contributed by atoms with E-state index in [0.29, 0.717) is 13.1 Å². The summed E-state index contributed by atoms with van der Waals surface area (Å²) in [5.74, 6) is -0.180. The molecule has 0 amide bonds. The van der Waals surface area contributed by atoms with E-state index in [4.69, 9.17) is 10.9 Å². The van der Waals surface area contributed by atoms with Crippen molar-refractivity contribution in [2.45, 2.75) is 13.8 Å². The Morgan fingerprint density at radius 3 is 2.36 bits per heavy atom. The Bertz CT molecular complexity index is 283. The SMILES string of the molecule is CCN(CC)S(=O)(=O)NC/C(N)=N/O. The van der Waals surface area contributed by atoms with Crippen LogP contribution in [0.15, 0.2) is 5.16 Å². The van der Waals surface area contributed by atoms with Gasteiger partial charge in [-0.25, -0.2) is 0 Å². The molecule has 14 heavy (non-hydrogen) atoms. The zero-order valence-electron chi connectivity index (χ0n) is 8.27. The van der Waals surface area contributed by atoms with Gasteiger partial charge < -0.3 is 10.9 Å². The van der Waals surface area contributed by atoms with Crippen LogP contribution in [0.25, 0.3) is 0 Å². The summed E-state index contributed by atoms with van der Waals surface area (Å²) in [4.78, 5) is 0. The largest absolute Gasteiger partial charge is 0.409 e. The molecule has 0 aromatic heterocycles. The highest BCUT2D eigenvalue weighted by Crippen LogP contribution is 1.95. The first-order valence-corrected chi connectivity index (χ1v) is 5.63. The number of nitrogens with zero attached hydrogens (tertiary/aromatic N) is 2. The highest BCUT2D eigenvalue weighted by atomic mass is 32.2. The maximum atomic E-state index is 11.4. The lowest BCUT2D eigenvalue weighted by Crippen LogP contribution is -2.43. The van der Waals surface area contributed by atoms with Gasteiger partial charge in [0.1, 0.15) is 0 Å². The summed E-state index contributed by atoms with van der Waals surface area (Å²) < 4.78 is 26.3. The Balaban J connectivity index is 4.34. The summed E-state index contributed by atoms with van der Waals surface area (Å²) in [6, 6.07) is 0. The van der Waals surface area contributed by atoms with E-state index in [0.717, 1.165) is 0 Å². The Labute approximate surface area is 83.8 Å². The van der Waals surface area contributed by atoms with Crippen molar-refractivity contribution in [1.29, 1.82) is 0 Å². The fourth-order valence-corrected chi connectivity index (χ4v) is 2.05. The summed E-state index contributed by atoms with van der Waals surface area (Å²) in [5.41, 5.74) is 5.12. The second-order valence-electron chi connectivity index (χ2n) is 2.50. The van der Waals surface area contributed by atoms with Gasteiger partial charge in [-0.05, 0) is 0 Å². The molecular formula is C6H16N4O3S. The molecule has 4 N–H and O–H groups in total. The summed E-state index contributed by atoms with van der Waals surface area (Å²) in [5, 5.41) is 10.9. The molecule has 0 aliphatic heterocycles. The van der Waals surface area contributed by atoms with Crippen LogP contribution in [0.2, 0.25) is 0 Å². The third kappa shape index (κ3) is 3.90. The van der Waals surface area contributed by atoms with Crippen LogP contribution in [0, 0.1) is 0 Å². The highest BCUT2D eigenvalue weighted by Gasteiger charge is 2.17. The average molecular weight is 224 g/mol. The molecule has 0 aromatic carbocycles. The van der Waals surface area contributed by atoms with E-state index in [1.54, 1.807) is 13.8 Å². The van der Waals surface area contributed by atoms with Crippen LogP contribution in [0.5, 0.6) is 0 Å². The van der Waals surface area contributed by atoms with Crippen molar-refractivity contribution in [2.75, 3.05) is 19.6 Å². The third-order valence-electron chi connectivity index (χ3n) is 1.61. The number of oxime groups is 1. The molecule has 7 nitrogen and oxygen atoms in total. The third-order valence-corrected chi connectivity index (χ3v) is 3.31. The van der Waals surface area contributed by atoms with Gasteiger partial charge in [-0.2, -0.15) is 17.4 Å². The lowest BCUT2D eigenvalue weighted by molar-refractivity contribution is 0.317. The molecule has 0 unspecified atom stereocenters. The van der Waals surface area contributed by atoms with Crippen LogP contribution in [-0.2, 0) is 10.2 Å². The molecule has 0 radical (unpaired) electrons. The second-order valence-corrected chi connectivity index (χ2v) is 4.26. The van der Waals surface area contributed by atoms with Gasteiger partial charge in [0.25, 0.3) is 10.2 Å². The summed E-state index contributed by atoms with van der Waals surface area (Å²) in [7, 11) is -3.52. The number of amidine groups is 1. The number of hydrogen-bond donors (Lipinski definition) is 3. The Morgan fingerprint density at radius 2 is 2.00 bits per heavy atom. The van der Waals surface area contributed by atoms with Crippen LogP contribution in [0.3, 0.4) is 0 Å². The van der Waals surface area contributed by atoms with E-state index in [2.05, 4.69) is 9.88 Å². The molecule has 0 saturated carbocycles. The van der Waals surface area contributed by atoms with Crippen molar-refractivity contribution in [1.82, 2.24) is 9.03 Å². The van der Waals surface area contributed by atoms with Gasteiger partial charge in [-0.3, -0.25) is 0 Å². The standard InChI is InChI=1S/C6H16N4O3S/c1-3-10(4-2)14(12,13)8-5-6(7)9-11/h8,11H,3-5H2,1-2H3,(H2,7,9). The minimum atomic E-state index is -3.52. The molecule has 0 bridgehead atoms. The van der Waals surface area contributed by atoms with E-state index >= 15 is 0 Å². The van der Waals surface area contributed by atoms with Gasteiger partial charge in [0, 0.05) is 13.1 Å². The fraction of sp³-hybridized carbons (Fsp3) is 0.833. The topological polar surface area (TPSA) is 108 Å². The van der Waals surface area contributed by atoms with E-state index in [1.807, 2.05) is 0 Å². The second kappa shape index (κ2) is 5.78. The summed E-state index contributed by atoms with van der Waals surface area (Å²) in [6.45, 7) is 4.01. The monoisotopic (exact) mass is 224 g/mol. The minimum absolute atomic E-state index is 0.180. The van der Waals surface area contributed by atoms with Crippen LogP contribution in [-0.4, -0.2) is 43.4 Å². The molecule has 0 aliphatic carbocycles. The van der Waals surface area contributed by atoms with Crippen LogP contribution >= 0.6 is 0 Å². The van der Waals surface area contributed by atoms with Crippen molar-refractivity contribution in [3.05, 3.63) is 0 Å². The number of nitrogens with one attached hydrogen (secondary N) is 1. The van der Waals surface area contributed by atoms with E-state index in [1.165, 1.54) is 4.31 Å². The van der Waals surface area contributed by atoms with Crippen LogP contribution in [0.1, 0.15) is 13.8 Å². The predicted octanol–water partition coefficient (Wildman–Crippen LogP) is -1.09. The van der Waals surface area contributed by atoms with E-state index < -0.39 is 10.2 Å². The fourth-order valence-electron chi connectivity index (χ4n) is 0.855. The van der Waals surface area contributed by atoms with Crippen molar-refractivity contribution >= 4 is 16.0 Å². The predicted molar refractivity (Wildman–Crippen MR) is 53.3 cm³/mol. The zero-order chi connectivity index (χ0) is 11.2. The maximum Gasteiger partial charge on any atom is 0.279 e. The van der Waals surface area contributed by atoms with E-state index in [9.17, 15) is 8.42 Å². The zero-order valence-corrected chi connectivity index (χ0v) is 9.08. The summed E-state index contributed by atoms with van der Waals surface area (Å²) >= 11 is 0. The van der Waals surface area contributed by atoms with Gasteiger partial charge in [0.2, 0.25) is 0 Å². The Morgan fingerprint density at radius 1 is 1.50 bits per heavy atom. The molecule has 0 saturated heterocycles. The molecule has 8 heteroatoms. The van der Waals surface area contributed by atoms with Crippen molar-refractivity contribution < 1.29 is 13.6 Å². The van der Waals surface area contributed by atoms with Gasteiger partial charge in [0.05, 0.1) is 6.54 Å². The minimum Gasteiger partial charge on any atom is -0.409 e. The van der Waals surface area contributed by atoms with Crippen molar-refractivity contribution in [2.24, 2.45) is 10.9 Å². The number of hydrogen-bond acceptors (Lipinski definition) is 4. The first kappa shape index (κ1) is 13.1. The molecule has 0 rings (SSSR count). The first-order valence-electron chi connectivity index (χ1n) is 4.19. The molecule has 0 spiro atoms. The van der Waals surface area contributed by atoms with Gasteiger partial charge >= 0.3 is 0 Å². The highest BCUT2D eigenvalue weighted by molar-refractivity contribution is 7.87. The molecule has 0 aliphatic rings. The molecule has 0 fully saturated rings.